The monoisotopic (exact) mass is 425 g/mol. The molecule has 1 spiro atoms. The van der Waals surface area contributed by atoms with Gasteiger partial charge in [0.25, 0.3) is 5.91 Å². The Kier molecular flexibility index (Phi) is 3.90. The Bertz CT molecular complexity index is 1280. The van der Waals surface area contributed by atoms with E-state index in [0.29, 0.717) is 6.42 Å². The smallest absolute Gasteiger partial charge is 0.306 e. The lowest BCUT2D eigenvalue weighted by Crippen LogP contribution is -2.56. The minimum atomic E-state index is -1.32. The van der Waals surface area contributed by atoms with E-state index in [1.54, 1.807) is 19.1 Å². The third-order valence-corrected chi connectivity index (χ3v) is 6.66. The molecule has 0 bridgehead atoms. The number of nitrogens with zero attached hydrogens (tertiary/aromatic N) is 3. The summed E-state index contributed by atoms with van der Waals surface area (Å²) in [6.45, 7) is 2.03. The molecule has 3 aromatic carbocycles. The Morgan fingerprint density at radius 1 is 1.09 bits per heavy atom. The Hall–Kier alpha value is -3.80. The molecule has 0 aliphatic carbocycles. The normalized spacial score (nSPS) is 22.9. The predicted molar refractivity (Wildman–Crippen MR) is 122 cm³/mol. The minimum absolute atomic E-state index is 0.0964. The SMILES string of the molecule is COc1ccc(C2=NN3[C@@H](C2)c2ccccc2O[C@]32C(=O)N(C)c3ccc(C)cc32)cc1. The van der Waals surface area contributed by atoms with Crippen molar-refractivity contribution in [3.63, 3.8) is 0 Å². The van der Waals surface area contributed by atoms with Crippen molar-refractivity contribution in [3.8, 4) is 11.5 Å². The fraction of sp³-hybridized carbons (Fsp3) is 0.231. The summed E-state index contributed by atoms with van der Waals surface area (Å²) in [5.41, 5.74) is 4.43. The molecule has 3 aliphatic rings. The molecule has 0 aromatic heterocycles. The van der Waals surface area contributed by atoms with Gasteiger partial charge in [0, 0.05) is 19.0 Å². The summed E-state index contributed by atoms with van der Waals surface area (Å²) >= 11 is 0. The van der Waals surface area contributed by atoms with Gasteiger partial charge >= 0.3 is 5.72 Å². The average molecular weight is 425 g/mol. The maximum atomic E-state index is 13.8. The summed E-state index contributed by atoms with van der Waals surface area (Å²) in [6, 6.07) is 21.8. The highest BCUT2D eigenvalue weighted by Crippen LogP contribution is 2.55. The van der Waals surface area contributed by atoms with E-state index >= 15 is 0 Å². The molecule has 3 aromatic rings. The summed E-state index contributed by atoms with van der Waals surface area (Å²) in [4.78, 5) is 15.5. The standard InChI is InChI=1S/C26H23N3O3/c1-16-8-13-22-20(14-16)26(25(30)28(22)2)29-23(19-6-4-5-7-24(19)32-26)15-21(27-29)17-9-11-18(31-3)12-10-17/h4-14,23H,15H2,1-3H3/t23-,26+/m0/s1. The number of methoxy groups -OCH3 is 1. The summed E-state index contributed by atoms with van der Waals surface area (Å²) < 4.78 is 11.9. The zero-order valence-corrected chi connectivity index (χ0v) is 18.2. The second-order valence-electron chi connectivity index (χ2n) is 8.51. The molecule has 0 saturated carbocycles. The number of rotatable bonds is 2. The Morgan fingerprint density at radius 3 is 2.66 bits per heavy atom. The van der Waals surface area contributed by atoms with Crippen LogP contribution in [0.5, 0.6) is 11.5 Å². The van der Waals surface area contributed by atoms with Gasteiger partial charge in [-0.3, -0.25) is 4.79 Å². The fourth-order valence-electron chi connectivity index (χ4n) is 5.04. The van der Waals surface area contributed by atoms with Gasteiger partial charge in [-0.1, -0.05) is 29.8 Å². The van der Waals surface area contributed by atoms with Gasteiger partial charge in [0.15, 0.2) is 0 Å². The zero-order valence-electron chi connectivity index (χ0n) is 18.2. The first kappa shape index (κ1) is 18.9. The van der Waals surface area contributed by atoms with Crippen molar-refractivity contribution in [1.82, 2.24) is 5.01 Å². The van der Waals surface area contributed by atoms with Crippen LogP contribution in [-0.4, -0.2) is 30.8 Å². The van der Waals surface area contributed by atoms with E-state index in [2.05, 4.69) is 6.07 Å². The number of fused-ring (bicyclic) bond motifs is 6. The van der Waals surface area contributed by atoms with Gasteiger partial charge in [0.05, 0.1) is 30.1 Å². The Labute approximate surface area is 186 Å². The van der Waals surface area contributed by atoms with Crippen LogP contribution in [0.3, 0.4) is 0 Å². The summed E-state index contributed by atoms with van der Waals surface area (Å²) in [5.74, 6) is 1.40. The minimum Gasteiger partial charge on any atom is -0.497 e. The zero-order chi connectivity index (χ0) is 22.0. The van der Waals surface area contributed by atoms with E-state index < -0.39 is 5.72 Å². The molecule has 0 radical (unpaired) electrons. The number of carbonyl (C=O) groups is 1. The van der Waals surface area contributed by atoms with E-state index in [4.69, 9.17) is 14.6 Å². The van der Waals surface area contributed by atoms with Gasteiger partial charge in [-0.05, 0) is 55.0 Å². The van der Waals surface area contributed by atoms with Crippen molar-refractivity contribution < 1.29 is 14.3 Å². The van der Waals surface area contributed by atoms with E-state index in [-0.39, 0.29) is 11.9 Å². The summed E-state index contributed by atoms with van der Waals surface area (Å²) in [7, 11) is 3.45. The largest absolute Gasteiger partial charge is 0.497 e. The molecular formula is C26H23N3O3. The molecule has 0 N–H and O–H groups in total. The molecule has 1 amide bonds. The van der Waals surface area contributed by atoms with Crippen molar-refractivity contribution >= 4 is 17.3 Å². The van der Waals surface area contributed by atoms with Gasteiger partial charge in [-0.15, -0.1) is 0 Å². The maximum Gasteiger partial charge on any atom is 0.306 e. The van der Waals surface area contributed by atoms with Crippen LogP contribution < -0.4 is 14.4 Å². The third kappa shape index (κ3) is 2.40. The van der Waals surface area contributed by atoms with Crippen molar-refractivity contribution in [2.75, 3.05) is 19.1 Å². The molecule has 0 saturated heterocycles. The molecule has 160 valence electrons. The number of likely N-dealkylation sites (N-methyl/N-ethyl adjacent to an activating group) is 1. The van der Waals surface area contributed by atoms with Crippen LogP contribution in [0.4, 0.5) is 5.69 Å². The molecule has 6 rings (SSSR count). The number of hydrogen-bond acceptors (Lipinski definition) is 5. The van der Waals surface area contributed by atoms with Crippen LogP contribution in [0.2, 0.25) is 0 Å². The van der Waals surface area contributed by atoms with Gasteiger partial charge in [-0.2, -0.15) is 5.10 Å². The third-order valence-electron chi connectivity index (χ3n) is 6.66. The van der Waals surface area contributed by atoms with Gasteiger partial charge in [0.2, 0.25) is 0 Å². The topological polar surface area (TPSA) is 54.4 Å². The molecule has 6 heteroatoms. The number of aryl methyl sites for hydroxylation is 1. The number of hydrogen-bond donors (Lipinski definition) is 0. The number of ether oxygens (including phenoxy) is 2. The summed E-state index contributed by atoms with van der Waals surface area (Å²) in [6.07, 6.45) is 0.687. The quantitative estimate of drug-likeness (QED) is 0.612. The van der Waals surface area contributed by atoms with Crippen LogP contribution >= 0.6 is 0 Å². The Balaban J connectivity index is 1.56. The molecule has 0 unspecified atom stereocenters. The molecule has 3 heterocycles. The van der Waals surface area contributed by atoms with Crippen molar-refractivity contribution in [2.24, 2.45) is 5.10 Å². The lowest BCUT2D eigenvalue weighted by Gasteiger charge is -2.44. The molecule has 6 nitrogen and oxygen atoms in total. The molecular weight excluding hydrogens is 402 g/mol. The predicted octanol–water partition coefficient (Wildman–Crippen LogP) is 4.38. The number of para-hydroxylation sites is 1. The van der Waals surface area contributed by atoms with Gasteiger partial charge < -0.3 is 14.4 Å². The van der Waals surface area contributed by atoms with E-state index in [1.165, 1.54) is 0 Å². The lowest BCUT2D eigenvalue weighted by atomic mass is 9.92. The van der Waals surface area contributed by atoms with Gasteiger partial charge in [-0.25, -0.2) is 5.01 Å². The van der Waals surface area contributed by atoms with Crippen LogP contribution in [0, 0.1) is 6.92 Å². The average Bonchev–Trinajstić information content (AvgIpc) is 3.35. The highest BCUT2D eigenvalue weighted by Gasteiger charge is 2.62. The van der Waals surface area contributed by atoms with Crippen LogP contribution in [0.25, 0.3) is 0 Å². The number of amides is 1. The number of hydrazone groups is 1. The first-order chi connectivity index (χ1) is 15.5. The maximum absolute atomic E-state index is 13.8. The highest BCUT2D eigenvalue weighted by molar-refractivity contribution is 6.08. The van der Waals surface area contributed by atoms with Crippen molar-refractivity contribution in [2.45, 2.75) is 25.1 Å². The van der Waals surface area contributed by atoms with E-state index in [1.807, 2.05) is 72.6 Å². The fourth-order valence-corrected chi connectivity index (χ4v) is 5.04. The first-order valence-electron chi connectivity index (χ1n) is 10.7. The van der Waals surface area contributed by atoms with Gasteiger partial charge in [0.1, 0.15) is 11.5 Å². The van der Waals surface area contributed by atoms with Crippen molar-refractivity contribution in [1.29, 1.82) is 0 Å². The Morgan fingerprint density at radius 2 is 1.88 bits per heavy atom. The van der Waals surface area contributed by atoms with Crippen LogP contribution in [0.15, 0.2) is 71.8 Å². The van der Waals surface area contributed by atoms with Crippen LogP contribution in [0.1, 0.15) is 34.7 Å². The summed E-state index contributed by atoms with van der Waals surface area (Å²) in [5, 5.41) is 6.91. The molecule has 32 heavy (non-hydrogen) atoms. The highest BCUT2D eigenvalue weighted by atomic mass is 16.5. The first-order valence-corrected chi connectivity index (χ1v) is 10.7. The second kappa shape index (κ2) is 6.60. The van der Waals surface area contributed by atoms with Crippen molar-refractivity contribution in [3.05, 3.63) is 89.0 Å². The molecule has 2 atom stereocenters. The van der Waals surface area contributed by atoms with E-state index in [0.717, 1.165) is 45.2 Å². The lowest BCUT2D eigenvalue weighted by molar-refractivity contribution is -0.163. The molecule has 0 fully saturated rings. The number of anilines is 1. The number of benzene rings is 3. The van der Waals surface area contributed by atoms with Crippen LogP contribution in [-0.2, 0) is 10.5 Å². The molecule has 3 aliphatic heterocycles. The second-order valence-corrected chi connectivity index (χ2v) is 8.51. The number of carbonyl (C=O) groups excluding carboxylic acids is 1. The van der Waals surface area contributed by atoms with E-state index in [9.17, 15) is 4.79 Å².